The van der Waals surface area contributed by atoms with Crippen LogP contribution in [-0.4, -0.2) is 8.94 Å². The van der Waals surface area contributed by atoms with E-state index in [1.807, 2.05) is 44.2 Å². The molecule has 0 fully saturated rings. The maximum atomic E-state index is 9.05. The fraction of sp³-hybridized carbons (Fsp3) is 0.176. The van der Waals surface area contributed by atoms with Crippen molar-refractivity contribution in [1.82, 2.24) is 0 Å². The van der Waals surface area contributed by atoms with Crippen LogP contribution in [0.15, 0.2) is 54.6 Å². The van der Waals surface area contributed by atoms with E-state index in [2.05, 4.69) is 30.3 Å². The van der Waals surface area contributed by atoms with Crippen molar-refractivity contribution >= 4 is 28.2 Å². The minimum atomic E-state index is -0.491. The van der Waals surface area contributed by atoms with Gasteiger partial charge in [0.2, 0.25) is 0 Å². The molecular weight excluding hydrogens is 282 g/mol. The van der Waals surface area contributed by atoms with Gasteiger partial charge in [0.15, 0.2) is 0 Å². The molecule has 1 nitrogen and oxygen atoms in total. The van der Waals surface area contributed by atoms with Crippen LogP contribution in [0.4, 0.5) is 0 Å². The largest absolute Gasteiger partial charge is 0.197 e. The van der Waals surface area contributed by atoms with E-state index in [0.717, 1.165) is 9.76 Å². The maximum absolute atomic E-state index is 9.05. The van der Waals surface area contributed by atoms with Crippen molar-refractivity contribution in [1.29, 1.82) is 5.26 Å². The summed E-state index contributed by atoms with van der Waals surface area (Å²) in [5.41, 5.74) is 3.35. The predicted molar refractivity (Wildman–Crippen MR) is 90.9 cm³/mol. The Morgan fingerprint density at radius 3 is 2.10 bits per heavy atom. The van der Waals surface area contributed by atoms with E-state index in [9.17, 15) is 0 Å². The van der Waals surface area contributed by atoms with E-state index in [4.69, 9.17) is 17.5 Å². The van der Waals surface area contributed by atoms with Crippen molar-refractivity contribution in [2.45, 2.75) is 18.6 Å². The summed E-state index contributed by atoms with van der Waals surface area (Å²) in [5, 5.41) is 9.05. The third-order valence-corrected chi connectivity index (χ3v) is 4.35. The molecule has 0 aromatic heterocycles. The quantitative estimate of drug-likeness (QED) is 0.739. The molecule has 0 saturated carbocycles. The molecule has 0 bridgehead atoms. The van der Waals surface area contributed by atoms with Crippen molar-refractivity contribution < 1.29 is 0 Å². The Kier molecular flexibility index (Phi) is 4.59. The Morgan fingerprint density at radius 1 is 1.00 bits per heavy atom. The fourth-order valence-corrected chi connectivity index (χ4v) is 3.27. The predicted octanol–water partition coefficient (Wildman–Crippen LogP) is 5.06. The molecule has 20 heavy (non-hydrogen) atoms. The lowest BCUT2D eigenvalue weighted by Crippen LogP contribution is -2.13. The zero-order chi connectivity index (χ0) is 14.6. The van der Waals surface area contributed by atoms with Crippen LogP contribution in [-0.2, 0) is 0 Å². The van der Waals surface area contributed by atoms with E-state index >= 15 is 0 Å². The van der Waals surface area contributed by atoms with Crippen molar-refractivity contribution in [3.05, 3.63) is 60.2 Å². The summed E-state index contributed by atoms with van der Waals surface area (Å²) in [5.74, 6) is 0. The summed E-state index contributed by atoms with van der Waals surface area (Å²) in [7, 11) is 0. The van der Waals surface area contributed by atoms with Crippen LogP contribution in [0.2, 0.25) is 0 Å². The molecule has 0 heterocycles. The number of thioether (sulfide) groups is 1. The van der Waals surface area contributed by atoms with E-state index in [1.165, 1.54) is 22.9 Å². The Morgan fingerprint density at radius 2 is 1.55 bits per heavy atom. The van der Waals surface area contributed by atoms with Gasteiger partial charge in [-0.05, 0) is 30.5 Å². The van der Waals surface area contributed by atoms with Gasteiger partial charge in [-0.3, -0.25) is 0 Å². The van der Waals surface area contributed by atoms with Crippen LogP contribution < -0.4 is 0 Å². The lowest BCUT2D eigenvalue weighted by atomic mass is 10.0. The average molecular weight is 297 g/mol. The first-order valence-corrected chi connectivity index (χ1v) is 7.54. The van der Waals surface area contributed by atoms with Crippen molar-refractivity contribution in [2.75, 3.05) is 0 Å². The number of nitriles is 1. The standard InChI is InChI=1S/C17H15NS2/c1-17(2,12-18)20-16(19)15-10-8-14(9-11-15)13-6-4-3-5-7-13/h3-11H,1-2H3. The third-order valence-electron chi connectivity index (χ3n) is 2.84. The molecular formula is C17H15NS2. The number of nitrogens with zero attached hydrogens (tertiary/aromatic N) is 1. The first-order valence-electron chi connectivity index (χ1n) is 6.32. The molecule has 0 radical (unpaired) electrons. The van der Waals surface area contributed by atoms with Crippen molar-refractivity contribution in [3.8, 4) is 17.2 Å². The molecule has 0 spiro atoms. The smallest absolute Gasteiger partial charge is 0.102 e. The topological polar surface area (TPSA) is 23.8 Å². The highest BCUT2D eigenvalue weighted by atomic mass is 32.2. The first-order chi connectivity index (χ1) is 9.52. The third kappa shape index (κ3) is 3.69. The van der Waals surface area contributed by atoms with Gasteiger partial charge in [0.25, 0.3) is 0 Å². The zero-order valence-corrected chi connectivity index (χ0v) is 13.1. The van der Waals surface area contributed by atoms with Gasteiger partial charge >= 0.3 is 0 Å². The highest BCUT2D eigenvalue weighted by Crippen LogP contribution is 2.29. The molecule has 0 N–H and O–H groups in total. The second-order valence-electron chi connectivity index (χ2n) is 4.96. The molecule has 3 heteroatoms. The van der Waals surface area contributed by atoms with Gasteiger partial charge in [-0.15, -0.1) is 0 Å². The summed E-state index contributed by atoms with van der Waals surface area (Å²) in [4.78, 5) is 0. The van der Waals surface area contributed by atoms with Gasteiger partial charge < -0.3 is 0 Å². The molecule has 2 rings (SSSR count). The minimum Gasteiger partial charge on any atom is -0.197 e. The van der Waals surface area contributed by atoms with E-state index in [-0.39, 0.29) is 0 Å². The Balaban J connectivity index is 2.17. The monoisotopic (exact) mass is 297 g/mol. The Hall–Kier alpha value is -1.63. The van der Waals surface area contributed by atoms with Gasteiger partial charge in [0.1, 0.15) is 4.75 Å². The summed E-state index contributed by atoms with van der Waals surface area (Å²) >= 11 is 6.83. The normalized spacial score (nSPS) is 10.8. The van der Waals surface area contributed by atoms with Crippen LogP contribution in [0.1, 0.15) is 19.4 Å². The van der Waals surface area contributed by atoms with Gasteiger partial charge in [-0.25, -0.2) is 0 Å². The van der Waals surface area contributed by atoms with Gasteiger partial charge in [0, 0.05) is 0 Å². The summed E-state index contributed by atoms with van der Waals surface area (Å²) < 4.78 is 0.269. The number of hydrogen-bond donors (Lipinski definition) is 0. The lowest BCUT2D eigenvalue weighted by molar-refractivity contribution is 0.921. The first kappa shape index (κ1) is 14.8. The zero-order valence-electron chi connectivity index (χ0n) is 11.5. The number of hydrogen-bond acceptors (Lipinski definition) is 3. The SMILES string of the molecule is CC(C)(C#N)SC(=S)c1ccc(-c2ccccc2)cc1. The lowest BCUT2D eigenvalue weighted by Gasteiger charge is -2.15. The molecule has 0 aliphatic heterocycles. The maximum Gasteiger partial charge on any atom is 0.102 e. The average Bonchev–Trinajstić information content (AvgIpc) is 2.48. The molecule has 0 unspecified atom stereocenters. The number of benzene rings is 2. The molecule has 2 aromatic carbocycles. The summed E-state index contributed by atoms with van der Waals surface area (Å²) in [6.07, 6.45) is 0. The van der Waals surface area contributed by atoms with Crippen LogP contribution in [0.25, 0.3) is 11.1 Å². The molecule has 2 aromatic rings. The van der Waals surface area contributed by atoms with E-state index in [1.54, 1.807) is 0 Å². The van der Waals surface area contributed by atoms with Crippen molar-refractivity contribution in [3.63, 3.8) is 0 Å². The molecule has 100 valence electrons. The molecule has 0 amide bonds. The molecule has 0 aliphatic rings. The molecule has 0 aliphatic carbocycles. The van der Waals surface area contributed by atoms with Crippen LogP contribution in [0.3, 0.4) is 0 Å². The Labute approximate surface area is 129 Å². The minimum absolute atomic E-state index is 0.491. The van der Waals surface area contributed by atoms with E-state index < -0.39 is 4.75 Å². The molecule has 0 saturated heterocycles. The van der Waals surface area contributed by atoms with Gasteiger partial charge in [-0.1, -0.05) is 78.6 Å². The summed E-state index contributed by atoms with van der Waals surface area (Å²) in [6, 6.07) is 20.7. The summed E-state index contributed by atoms with van der Waals surface area (Å²) in [6.45, 7) is 3.75. The van der Waals surface area contributed by atoms with Crippen LogP contribution in [0, 0.1) is 11.3 Å². The molecule has 0 atom stereocenters. The second kappa shape index (κ2) is 6.21. The van der Waals surface area contributed by atoms with Crippen molar-refractivity contribution in [2.24, 2.45) is 0 Å². The fourth-order valence-electron chi connectivity index (χ4n) is 1.74. The van der Waals surface area contributed by atoms with Gasteiger partial charge in [-0.2, -0.15) is 5.26 Å². The number of thiocarbonyl (C=S) groups is 1. The number of rotatable bonds is 3. The Bertz CT molecular complexity index is 637. The van der Waals surface area contributed by atoms with Gasteiger partial charge in [0.05, 0.1) is 10.3 Å². The highest BCUT2D eigenvalue weighted by molar-refractivity contribution is 8.24. The second-order valence-corrected chi connectivity index (χ2v) is 7.25. The van der Waals surface area contributed by atoms with E-state index in [0.29, 0.717) is 0 Å². The van der Waals surface area contributed by atoms with Crippen LogP contribution in [0.5, 0.6) is 0 Å². The van der Waals surface area contributed by atoms with Crippen LogP contribution >= 0.6 is 24.0 Å². The highest BCUT2D eigenvalue weighted by Gasteiger charge is 2.20.